The summed E-state index contributed by atoms with van der Waals surface area (Å²) < 4.78 is 59.2. The molecule has 0 radical (unpaired) electrons. The molecule has 0 amide bonds. The molecule has 3 atom stereocenters. The van der Waals surface area contributed by atoms with Crippen LogP contribution in [0.3, 0.4) is 0 Å². The van der Waals surface area contributed by atoms with E-state index in [1.807, 2.05) is 32.0 Å². The van der Waals surface area contributed by atoms with Gasteiger partial charge in [-0.05, 0) is 61.4 Å². The molecule has 1 aliphatic rings. The van der Waals surface area contributed by atoms with Gasteiger partial charge in [0, 0.05) is 37.2 Å². The number of benzene rings is 2. The van der Waals surface area contributed by atoms with E-state index in [2.05, 4.69) is 14.6 Å². The average Bonchev–Trinajstić information content (AvgIpc) is 2.95. The zero-order valence-electron chi connectivity index (χ0n) is 22.9. The number of alkyl halides is 3. The van der Waals surface area contributed by atoms with Crippen molar-refractivity contribution in [2.45, 2.75) is 38.3 Å². The van der Waals surface area contributed by atoms with Gasteiger partial charge < -0.3 is 14.2 Å². The monoisotopic (exact) mass is 599 g/mol. The van der Waals surface area contributed by atoms with E-state index in [1.54, 1.807) is 35.2 Å². The van der Waals surface area contributed by atoms with E-state index in [0.29, 0.717) is 23.6 Å². The van der Waals surface area contributed by atoms with Gasteiger partial charge in [-0.25, -0.2) is 4.98 Å². The van der Waals surface area contributed by atoms with Crippen LogP contribution in [0.1, 0.15) is 36.7 Å². The number of halogens is 5. The van der Waals surface area contributed by atoms with Crippen molar-refractivity contribution in [1.29, 1.82) is 5.26 Å². The standard InChI is InChI=1S/C30H26ClF4N5O2/c1-17-16-40(28-25(32)29(41)38(3)24-13-10-22(14-36)37-26(24)28)18(2)15-39(17)27(19-4-8-21(31)9-5-19)20-6-11-23(12-7-20)42-30(33,34)35/h4-13,17-18,27H,15-16H2,1-3H3/t17-,18+,27?/m1/s1. The molecule has 5 rings (SSSR count). The fourth-order valence-electron chi connectivity index (χ4n) is 5.58. The van der Waals surface area contributed by atoms with Crippen molar-refractivity contribution >= 4 is 28.3 Å². The second-order valence-electron chi connectivity index (χ2n) is 10.3. The number of ether oxygens (including phenoxy) is 1. The number of hydrogen-bond donors (Lipinski definition) is 0. The van der Waals surface area contributed by atoms with Crippen molar-refractivity contribution in [3.05, 3.63) is 98.7 Å². The normalized spacial score (nSPS) is 18.6. The topological polar surface area (TPSA) is 74.4 Å². The third-order valence-corrected chi connectivity index (χ3v) is 7.79. The number of piperazine rings is 1. The summed E-state index contributed by atoms with van der Waals surface area (Å²) in [5.74, 6) is -1.28. The van der Waals surface area contributed by atoms with Crippen molar-refractivity contribution in [2.75, 3.05) is 18.0 Å². The van der Waals surface area contributed by atoms with E-state index in [0.717, 1.165) is 11.1 Å². The SMILES string of the molecule is C[C@@H]1CN(c2c(F)c(=O)n(C)c3ccc(C#N)nc23)[C@@H](C)CN1C(c1ccc(Cl)cc1)c1ccc(OC(F)(F)F)cc1. The number of hydrogen-bond acceptors (Lipinski definition) is 6. The Morgan fingerprint density at radius 1 is 1.00 bits per heavy atom. The first-order chi connectivity index (χ1) is 19.9. The number of anilines is 1. The highest BCUT2D eigenvalue weighted by molar-refractivity contribution is 6.30. The first-order valence-electron chi connectivity index (χ1n) is 13.1. The quantitative estimate of drug-likeness (QED) is 0.255. The summed E-state index contributed by atoms with van der Waals surface area (Å²) >= 11 is 6.15. The fraction of sp³-hybridized carbons (Fsp3) is 0.300. The molecule has 0 spiro atoms. The molecule has 1 unspecified atom stereocenters. The fourth-order valence-corrected chi connectivity index (χ4v) is 5.71. The summed E-state index contributed by atoms with van der Waals surface area (Å²) in [7, 11) is 1.46. The highest BCUT2D eigenvalue weighted by Gasteiger charge is 2.38. The van der Waals surface area contributed by atoms with E-state index in [4.69, 9.17) is 11.6 Å². The molecule has 0 bridgehead atoms. The summed E-state index contributed by atoms with van der Waals surface area (Å²) in [5.41, 5.74) is 1.55. The molecule has 3 heterocycles. The molecule has 1 fully saturated rings. The lowest BCUT2D eigenvalue weighted by Gasteiger charge is -2.48. The van der Waals surface area contributed by atoms with Crippen molar-refractivity contribution in [1.82, 2.24) is 14.5 Å². The number of fused-ring (bicyclic) bond motifs is 1. The Bertz CT molecular complexity index is 1720. The van der Waals surface area contributed by atoms with E-state index in [1.165, 1.54) is 29.8 Å². The molecular formula is C30H26ClF4N5O2. The average molecular weight is 600 g/mol. The molecule has 0 N–H and O–H groups in total. The minimum absolute atomic E-state index is 0.0425. The van der Waals surface area contributed by atoms with Crippen LogP contribution in [-0.4, -0.2) is 46.0 Å². The summed E-state index contributed by atoms with van der Waals surface area (Å²) in [6, 6.07) is 17.1. The molecule has 0 aliphatic carbocycles. The third kappa shape index (κ3) is 5.65. The van der Waals surface area contributed by atoms with Crippen LogP contribution in [-0.2, 0) is 7.05 Å². The maximum Gasteiger partial charge on any atom is 0.573 e. The first kappa shape index (κ1) is 29.4. The molecule has 2 aromatic carbocycles. The van der Waals surface area contributed by atoms with Crippen molar-refractivity contribution < 1.29 is 22.3 Å². The maximum absolute atomic E-state index is 15.7. The molecule has 218 valence electrons. The summed E-state index contributed by atoms with van der Waals surface area (Å²) in [5, 5.41) is 9.96. The van der Waals surface area contributed by atoms with Crippen molar-refractivity contribution in [3.8, 4) is 11.8 Å². The molecule has 42 heavy (non-hydrogen) atoms. The van der Waals surface area contributed by atoms with Gasteiger partial charge in [-0.3, -0.25) is 9.69 Å². The highest BCUT2D eigenvalue weighted by atomic mass is 35.5. The Morgan fingerprint density at radius 3 is 2.21 bits per heavy atom. The maximum atomic E-state index is 15.7. The number of rotatable bonds is 5. The van der Waals surface area contributed by atoms with E-state index < -0.39 is 17.7 Å². The van der Waals surface area contributed by atoms with Crippen LogP contribution >= 0.6 is 11.6 Å². The second-order valence-corrected chi connectivity index (χ2v) is 10.8. The van der Waals surface area contributed by atoms with Gasteiger partial charge in [-0.1, -0.05) is 35.9 Å². The predicted molar refractivity (Wildman–Crippen MR) is 151 cm³/mol. The lowest BCUT2D eigenvalue weighted by atomic mass is 9.93. The number of pyridine rings is 2. The van der Waals surface area contributed by atoms with Gasteiger partial charge in [0.1, 0.15) is 28.7 Å². The van der Waals surface area contributed by atoms with Crippen LogP contribution in [0.15, 0.2) is 65.5 Å². The van der Waals surface area contributed by atoms with E-state index in [9.17, 15) is 23.2 Å². The largest absolute Gasteiger partial charge is 0.573 e. The summed E-state index contributed by atoms with van der Waals surface area (Å²) in [6.07, 6.45) is -4.81. The van der Waals surface area contributed by atoms with Gasteiger partial charge in [0.25, 0.3) is 5.56 Å². The smallest absolute Gasteiger partial charge is 0.406 e. The highest BCUT2D eigenvalue weighted by Crippen LogP contribution is 2.38. The van der Waals surface area contributed by atoms with Crippen LogP contribution in [0.2, 0.25) is 5.02 Å². The summed E-state index contributed by atoms with van der Waals surface area (Å²) in [4.78, 5) is 21.2. The number of aryl methyl sites for hydroxylation is 1. The Morgan fingerprint density at radius 2 is 1.62 bits per heavy atom. The molecule has 0 saturated carbocycles. The lowest BCUT2D eigenvalue weighted by molar-refractivity contribution is -0.274. The molecule has 7 nitrogen and oxygen atoms in total. The Kier molecular flexibility index (Phi) is 7.88. The minimum Gasteiger partial charge on any atom is -0.406 e. The Hall–Kier alpha value is -4.14. The summed E-state index contributed by atoms with van der Waals surface area (Å²) in [6.45, 7) is 4.56. The van der Waals surface area contributed by atoms with Crippen LogP contribution in [0, 0.1) is 17.1 Å². The van der Waals surface area contributed by atoms with Crippen molar-refractivity contribution in [3.63, 3.8) is 0 Å². The molecule has 1 saturated heterocycles. The number of nitriles is 1. The van der Waals surface area contributed by atoms with Crippen LogP contribution in [0.4, 0.5) is 23.2 Å². The number of nitrogens with zero attached hydrogens (tertiary/aromatic N) is 5. The molecule has 4 aromatic rings. The van der Waals surface area contributed by atoms with Gasteiger partial charge in [0.15, 0.2) is 0 Å². The Labute approximate surface area is 244 Å². The van der Waals surface area contributed by atoms with Crippen LogP contribution < -0.4 is 15.2 Å². The lowest BCUT2D eigenvalue weighted by Crippen LogP contribution is -2.58. The van der Waals surface area contributed by atoms with Gasteiger partial charge >= 0.3 is 6.36 Å². The predicted octanol–water partition coefficient (Wildman–Crippen LogP) is 6.18. The molecule has 1 aliphatic heterocycles. The van der Waals surface area contributed by atoms with E-state index >= 15 is 4.39 Å². The van der Waals surface area contributed by atoms with E-state index in [-0.39, 0.29) is 40.8 Å². The first-order valence-corrected chi connectivity index (χ1v) is 13.5. The number of aromatic nitrogens is 2. The van der Waals surface area contributed by atoms with Gasteiger partial charge in [0.2, 0.25) is 5.82 Å². The third-order valence-electron chi connectivity index (χ3n) is 7.54. The van der Waals surface area contributed by atoms with Crippen LogP contribution in [0.25, 0.3) is 11.0 Å². The molecule has 12 heteroatoms. The Balaban J connectivity index is 1.55. The zero-order chi connectivity index (χ0) is 30.3. The second kappa shape index (κ2) is 11.3. The molecule has 2 aromatic heterocycles. The van der Waals surface area contributed by atoms with Crippen molar-refractivity contribution in [2.24, 2.45) is 7.05 Å². The zero-order valence-corrected chi connectivity index (χ0v) is 23.6. The van der Waals surface area contributed by atoms with Gasteiger partial charge in [-0.2, -0.15) is 9.65 Å². The minimum atomic E-state index is -4.81. The van der Waals surface area contributed by atoms with Crippen LogP contribution in [0.5, 0.6) is 5.75 Å². The van der Waals surface area contributed by atoms with Gasteiger partial charge in [-0.15, -0.1) is 13.2 Å². The molecular weight excluding hydrogens is 574 g/mol. The van der Waals surface area contributed by atoms with Gasteiger partial charge in [0.05, 0.1) is 11.6 Å².